The van der Waals surface area contributed by atoms with Crippen LogP contribution in [0.15, 0.2) is 36.7 Å². The molecule has 1 saturated heterocycles. The van der Waals surface area contributed by atoms with E-state index in [1.807, 2.05) is 17.3 Å². The summed E-state index contributed by atoms with van der Waals surface area (Å²) in [6.07, 6.45) is 5.04. The number of benzene rings is 1. The molecule has 1 aliphatic rings. The second kappa shape index (κ2) is 7.15. The van der Waals surface area contributed by atoms with E-state index in [2.05, 4.69) is 10.2 Å². The molecule has 2 N–H and O–H groups in total. The summed E-state index contributed by atoms with van der Waals surface area (Å²) < 4.78 is 0. The van der Waals surface area contributed by atoms with Gasteiger partial charge in [-0.05, 0) is 36.1 Å². The van der Waals surface area contributed by atoms with Crippen LogP contribution in [0.5, 0.6) is 0 Å². The van der Waals surface area contributed by atoms with Crippen LogP contribution < -0.4 is 0 Å². The molecule has 2 unspecified atom stereocenters. The Morgan fingerprint density at radius 2 is 2.22 bits per heavy atom. The topological polar surface area (TPSA) is 69.2 Å². The van der Waals surface area contributed by atoms with Gasteiger partial charge in [0, 0.05) is 30.2 Å². The number of hydrogen-bond donors (Lipinski definition) is 2. The van der Waals surface area contributed by atoms with Crippen molar-refractivity contribution in [3.8, 4) is 0 Å². The number of nitrogens with one attached hydrogen (secondary N) is 1. The molecule has 2 aromatic rings. The van der Waals surface area contributed by atoms with Crippen LogP contribution in [-0.4, -0.2) is 39.2 Å². The SMILES string of the molecule is O=C(CC(O)c1ccc(Cl)cc1)N1CCCC(c2cn[nH]c2)C1. The van der Waals surface area contributed by atoms with Crippen LogP contribution in [0.25, 0.3) is 0 Å². The van der Waals surface area contributed by atoms with Gasteiger partial charge in [-0.25, -0.2) is 0 Å². The molecule has 2 heterocycles. The maximum absolute atomic E-state index is 12.5. The number of aromatic nitrogens is 2. The lowest BCUT2D eigenvalue weighted by atomic mass is 9.92. The predicted octanol–water partition coefficient (Wildman–Crippen LogP) is 2.89. The molecule has 1 aromatic heterocycles. The average molecular weight is 334 g/mol. The zero-order valence-electron chi connectivity index (χ0n) is 12.8. The van der Waals surface area contributed by atoms with E-state index in [1.54, 1.807) is 24.3 Å². The Hall–Kier alpha value is -1.85. The van der Waals surface area contributed by atoms with Gasteiger partial charge < -0.3 is 10.0 Å². The van der Waals surface area contributed by atoms with E-state index in [9.17, 15) is 9.90 Å². The molecule has 122 valence electrons. The van der Waals surface area contributed by atoms with Crippen LogP contribution in [0.4, 0.5) is 0 Å². The highest BCUT2D eigenvalue weighted by Crippen LogP contribution is 2.27. The van der Waals surface area contributed by atoms with Crippen molar-refractivity contribution in [3.63, 3.8) is 0 Å². The van der Waals surface area contributed by atoms with E-state index in [4.69, 9.17) is 11.6 Å². The molecule has 1 aliphatic heterocycles. The summed E-state index contributed by atoms with van der Waals surface area (Å²) in [6, 6.07) is 6.95. The van der Waals surface area contributed by atoms with Crippen LogP contribution in [0.2, 0.25) is 5.02 Å². The summed E-state index contributed by atoms with van der Waals surface area (Å²) in [6.45, 7) is 1.44. The van der Waals surface area contributed by atoms with Crippen molar-refractivity contribution in [2.45, 2.75) is 31.3 Å². The van der Waals surface area contributed by atoms with E-state index in [0.29, 0.717) is 23.0 Å². The number of aliphatic hydroxyl groups is 1. The monoisotopic (exact) mass is 333 g/mol. The van der Waals surface area contributed by atoms with Crippen molar-refractivity contribution in [2.24, 2.45) is 0 Å². The zero-order chi connectivity index (χ0) is 16.2. The minimum Gasteiger partial charge on any atom is -0.388 e. The summed E-state index contributed by atoms with van der Waals surface area (Å²) in [5.74, 6) is 0.305. The Morgan fingerprint density at radius 3 is 2.91 bits per heavy atom. The second-order valence-electron chi connectivity index (χ2n) is 5.98. The number of amides is 1. The number of rotatable bonds is 4. The number of hydrogen-bond acceptors (Lipinski definition) is 3. The first-order valence-corrected chi connectivity index (χ1v) is 8.21. The van der Waals surface area contributed by atoms with Crippen molar-refractivity contribution < 1.29 is 9.90 Å². The summed E-state index contributed by atoms with van der Waals surface area (Å²) >= 11 is 5.84. The smallest absolute Gasteiger partial charge is 0.225 e. The Kier molecular flexibility index (Phi) is 4.98. The van der Waals surface area contributed by atoms with E-state index < -0.39 is 6.10 Å². The highest BCUT2D eigenvalue weighted by molar-refractivity contribution is 6.30. The summed E-state index contributed by atoms with van der Waals surface area (Å²) in [4.78, 5) is 14.3. The van der Waals surface area contributed by atoms with Gasteiger partial charge in [0.25, 0.3) is 0 Å². The van der Waals surface area contributed by atoms with Gasteiger partial charge in [-0.3, -0.25) is 9.89 Å². The molecule has 6 heteroatoms. The molecule has 2 atom stereocenters. The first-order valence-electron chi connectivity index (χ1n) is 7.83. The van der Waals surface area contributed by atoms with E-state index >= 15 is 0 Å². The Morgan fingerprint density at radius 1 is 1.43 bits per heavy atom. The van der Waals surface area contributed by atoms with Gasteiger partial charge in [0.1, 0.15) is 0 Å². The highest BCUT2D eigenvalue weighted by atomic mass is 35.5. The normalized spacial score (nSPS) is 19.6. The summed E-state index contributed by atoms with van der Waals surface area (Å²) in [7, 11) is 0. The fourth-order valence-corrected chi connectivity index (χ4v) is 3.18. The third kappa shape index (κ3) is 3.92. The van der Waals surface area contributed by atoms with Crippen molar-refractivity contribution >= 4 is 17.5 Å². The van der Waals surface area contributed by atoms with Crippen LogP contribution in [0.1, 0.15) is 42.4 Å². The van der Waals surface area contributed by atoms with Gasteiger partial charge in [0.2, 0.25) is 5.91 Å². The number of carbonyl (C=O) groups is 1. The van der Waals surface area contributed by atoms with E-state index in [-0.39, 0.29) is 12.3 Å². The number of H-pyrrole nitrogens is 1. The quantitative estimate of drug-likeness (QED) is 0.904. The van der Waals surface area contributed by atoms with Gasteiger partial charge in [-0.2, -0.15) is 5.10 Å². The minimum absolute atomic E-state index is 0.0133. The van der Waals surface area contributed by atoms with Crippen LogP contribution >= 0.6 is 11.6 Å². The zero-order valence-corrected chi connectivity index (χ0v) is 13.5. The maximum atomic E-state index is 12.5. The van der Waals surface area contributed by atoms with Gasteiger partial charge >= 0.3 is 0 Å². The van der Waals surface area contributed by atoms with Crippen molar-refractivity contribution in [1.29, 1.82) is 0 Å². The predicted molar refractivity (Wildman–Crippen MR) is 88.2 cm³/mol. The third-order valence-corrected chi connectivity index (χ3v) is 4.64. The Balaban J connectivity index is 1.60. The number of aromatic amines is 1. The van der Waals surface area contributed by atoms with Gasteiger partial charge in [-0.1, -0.05) is 23.7 Å². The number of likely N-dealkylation sites (tertiary alicyclic amines) is 1. The molecule has 5 nitrogen and oxygen atoms in total. The first-order chi connectivity index (χ1) is 11.1. The Bertz CT molecular complexity index is 642. The third-order valence-electron chi connectivity index (χ3n) is 4.39. The lowest BCUT2D eigenvalue weighted by Gasteiger charge is -2.33. The highest BCUT2D eigenvalue weighted by Gasteiger charge is 2.26. The molecule has 0 radical (unpaired) electrons. The van der Waals surface area contributed by atoms with Crippen LogP contribution in [0, 0.1) is 0 Å². The number of halogens is 1. The molecular formula is C17H20ClN3O2. The van der Waals surface area contributed by atoms with Gasteiger partial charge in [0.15, 0.2) is 0 Å². The fourth-order valence-electron chi connectivity index (χ4n) is 3.06. The Labute approximate surface area is 140 Å². The summed E-state index contributed by atoms with van der Waals surface area (Å²) in [5, 5.41) is 17.7. The van der Waals surface area contributed by atoms with Crippen LogP contribution in [0.3, 0.4) is 0 Å². The van der Waals surface area contributed by atoms with Crippen molar-refractivity contribution in [3.05, 3.63) is 52.8 Å². The van der Waals surface area contributed by atoms with Crippen molar-refractivity contribution in [1.82, 2.24) is 15.1 Å². The number of nitrogens with zero attached hydrogens (tertiary/aromatic N) is 2. The van der Waals surface area contributed by atoms with Crippen molar-refractivity contribution in [2.75, 3.05) is 13.1 Å². The molecule has 3 rings (SSSR count). The number of piperidine rings is 1. The van der Waals surface area contributed by atoms with E-state index in [0.717, 1.165) is 24.9 Å². The van der Waals surface area contributed by atoms with E-state index in [1.165, 1.54) is 0 Å². The lowest BCUT2D eigenvalue weighted by molar-refractivity contribution is -0.134. The molecule has 0 saturated carbocycles. The molecule has 1 aromatic carbocycles. The number of aliphatic hydroxyl groups excluding tert-OH is 1. The maximum Gasteiger partial charge on any atom is 0.225 e. The molecule has 23 heavy (non-hydrogen) atoms. The lowest BCUT2D eigenvalue weighted by Crippen LogP contribution is -2.39. The second-order valence-corrected chi connectivity index (χ2v) is 6.42. The van der Waals surface area contributed by atoms with Gasteiger partial charge in [0.05, 0.1) is 18.7 Å². The minimum atomic E-state index is -0.797. The molecule has 0 bridgehead atoms. The standard InChI is InChI=1S/C17H20ClN3O2/c18-15-5-3-12(4-6-15)16(22)8-17(23)21-7-1-2-13(11-21)14-9-19-20-10-14/h3-6,9-10,13,16,22H,1-2,7-8,11H2,(H,19,20). The molecule has 0 aliphatic carbocycles. The van der Waals surface area contributed by atoms with Gasteiger partial charge in [-0.15, -0.1) is 0 Å². The van der Waals surface area contributed by atoms with Crippen LogP contribution in [-0.2, 0) is 4.79 Å². The molecular weight excluding hydrogens is 314 g/mol. The molecule has 0 spiro atoms. The number of carbonyl (C=O) groups excluding carboxylic acids is 1. The first kappa shape index (κ1) is 16.0. The molecule has 1 amide bonds. The fraction of sp³-hybridized carbons (Fsp3) is 0.412. The molecule has 1 fully saturated rings. The summed E-state index contributed by atoms with van der Waals surface area (Å²) in [5.41, 5.74) is 1.85. The average Bonchev–Trinajstić information content (AvgIpc) is 3.10. The largest absolute Gasteiger partial charge is 0.388 e.